The number of aliphatic hydroxyl groups excluding tert-OH is 1. The summed E-state index contributed by atoms with van der Waals surface area (Å²) >= 11 is 0. The van der Waals surface area contributed by atoms with Crippen LogP contribution in [-0.4, -0.2) is 28.4 Å². The lowest BCUT2D eigenvalue weighted by Crippen LogP contribution is -2.00. The lowest BCUT2D eigenvalue weighted by molar-refractivity contribution is -0.0547. The first-order chi connectivity index (χ1) is 12.5. The molecule has 6 heteroatoms. The van der Waals surface area contributed by atoms with Crippen LogP contribution in [0.2, 0.25) is 0 Å². The average molecular weight is 360 g/mol. The molecule has 0 bridgehead atoms. The Morgan fingerprint density at radius 1 is 1.00 bits per heavy atom. The highest BCUT2D eigenvalue weighted by molar-refractivity contribution is 5.97. The number of aliphatic hydroxyl groups is 1. The Hall–Kier alpha value is -2.99. The van der Waals surface area contributed by atoms with Crippen molar-refractivity contribution in [1.29, 1.82) is 0 Å². The number of esters is 1. The van der Waals surface area contributed by atoms with Crippen LogP contribution in [0.4, 0.5) is 0 Å². The van der Waals surface area contributed by atoms with E-state index >= 15 is 0 Å². The molecular weight excluding hydrogens is 336 g/mol. The third-order valence-electron chi connectivity index (χ3n) is 2.98. The Balaban J connectivity index is 0.000000404. The SMILES string of the molecule is CC.CC.O=C1OC(O)c2ccccc21.O=Cc1ccccc1C(=O)O. The van der Waals surface area contributed by atoms with Crippen molar-refractivity contribution in [2.45, 2.75) is 34.0 Å². The lowest BCUT2D eigenvalue weighted by Gasteiger charge is -1.98. The molecule has 140 valence electrons. The fraction of sp³-hybridized carbons (Fsp3) is 0.250. The van der Waals surface area contributed by atoms with E-state index in [4.69, 9.17) is 10.2 Å². The van der Waals surface area contributed by atoms with Crippen LogP contribution in [0, 0.1) is 0 Å². The second-order valence-electron chi connectivity index (χ2n) is 4.36. The summed E-state index contributed by atoms with van der Waals surface area (Å²) in [5.41, 5.74) is 1.26. The second-order valence-corrected chi connectivity index (χ2v) is 4.36. The van der Waals surface area contributed by atoms with E-state index < -0.39 is 18.2 Å². The van der Waals surface area contributed by atoms with Crippen LogP contribution in [0.3, 0.4) is 0 Å². The third kappa shape index (κ3) is 6.14. The molecule has 3 rings (SSSR count). The smallest absolute Gasteiger partial charge is 0.341 e. The Labute approximate surface area is 153 Å². The van der Waals surface area contributed by atoms with Crippen LogP contribution < -0.4 is 0 Å². The number of hydrogen-bond donors (Lipinski definition) is 2. The Morgan fingerprint density at radius 3 is 2.04 bits per heavy atom. The number of carboxylic acids is 1. The number of cyclic esters (lactones) is 1. The molecule has 0 fully saturated rings. The highest BCUT2D eigenvalue weighted by Gasteiger charge is 2.28. The number of fused-ring (bicyclic) bond motifs is 1. The van der Waals surface area contributed by atoms with Gasteiger partial charge in [-0.3, -0.25) is 4.79 Å². The van der Waals surface area contributed by atoms with E-state index in [9.17, 15) is 14.4 Å². The van der Waals surface area contributed by atoms with Crippen molar-refractivity contribution in [2.24, 2.45) is 0 Å². The van der Waals surface area contributed by atoms with E-state index in [2.05, 4.69) is 4.74 Å². The van der Waals surface area contributed by atoms with E-state index in [1.807, 2.05) is 27.7 Å². The molecule has 1 heterocycles. The number of rotatable bonds is 2. The Morgan fingerprint density at radius 2 is 1.54 bits per heavy atom. The minimum Gasteiger partial charge on any atom is -0.478 e. The maximum absolute atomic E-state index is 10.9. The molecule has 2 N–H and O–H groups in total. The predicted molar refractivity (Wildman–Crippen MR) is 98.3 cm³/mol. The minimum absolute atomic E-state index is 0.0440. The van der Waals surface area contributed by atoms with Gasteiger partial charge < -0.3 is 14.9 Å². The van der Waals surface area contributed by atoms with Gasteiger partial charge in [-0.1, -0.05) is 64.1 Å². The number of carbonyl (C=O) groups excluding carboxylic acids is 2. The van der Waals surface area contributed by atoms with E-state index in [1.165, 1.54) is 12.1 Å². The van der Waals surface area contributed by atoms with Gasteiger partial charge in [-0.25, -0.2) is 9.59 Å². The van der Waals surface area contributed by atoms with Gasteiger partial charge in [0.15, 0.2) is 6.29 Å². The molecule has 1 aliphatic rings. The van der Waals surface area contributed by atoms with Crippen LogP contribution in [0.5, 0.6) is 0 Å². The van der Waals surface area contributed by atoms with Gasteiger partial charge in [0.2, 0.25) is 6.29 Å². The number of aromatic carboxylic acids is 1. The summed E-state index contributed by atoms with van der Waals surface area (Å²) in [6.45, 7) is 8.00. The van der Waals surface area contributed by atoms with Gasteiger partial charge in [0, 0.05) is 11.1 Å². The van der Waals surface area contributed by atoms with Crippen LogP contribution in [0.25, 0.3) is 0 Å². The predicted octanol–water partition coefficient (Wildman–Crippen LogP) is 4.10. The summed E-state index contributed by atoms with van der Waals surface area (Å²) in [7, 11) is 0. The molecule has 0 spiro atoms. The molecule has 0 aliphatic carbocycles. The zero-order valence-corrected chi connectivity index (χ0v) is 15.3. The number of carbonyl (C=O) groups is 3. The third-order valence-corrected chi connectivity index (χ3v) is 2.98. The summed E-state index contributed by atoms with van der Waals surface area (Å²) < 4.78 is 4.55. The lowest BCUT2D eigenvalue weighted by atomic mass is 10.1. The monoisotopic (exact) mass is 360 g/mol. The molecule has 26 heavy (non-hydrogen) atoms. The van der Waals surface area contributed by atoms with E-state index in [-0.39, 0.29) is 11.1 Å². The van der Waals surface area contributed by atoms with E-state index in [0.717, 1.165) is 0 Å². The van der Waals surface area contributed by atoms with Crippen molar-refractivity contribution in [2.75, 3.05) is 0 Å². The molecule has 1 aliphatic heterocycles. The van der Waals surface area contributed by atoms with Crippen LogP contribution in [0.15, 0.2) is 48.5 Å². The number of aldehydes is 1. The highest BCUT2D eigenvalue weighted by atomic mass is 16.6. The zero-order chi connectivity index (χ0) is 20.1. The van der Waals surface area contributed by atoms with Gasteiger partial charge in [0.05, 0.1) is 11.1 Å². The summed E-state index contributed by atoms with van der Waals surface area (Å²) in [6.07, 6.45) is -0.539. The molecule has 0 saturated carbocycles. The van der Waals surface area contributed by atoms with Gasteiger partial charge in [0.25, 0.3) is 0 Å². The van der Waals surface area contributed by atoms with Crippen molar-refractivity contribution >= 4 is 18.2 Å². The van der Waals surface area contributed by atoms with E-state index in [1.54, 1.807) is 36.4 Å². The minimum atomic E-state index is -1.08. The fourth-order valence-electron chi connectivity index (χ4n) is 1.92. The van der Waals surface area contributed by atoms with Gasteiger partial charge in [0.1, 0.15) is 0 Å². The van der Waals surface area contributed by atoms with Crippen molar-refractivity contribution in [3.63, 3.8) is 0 Å². The average Bonchev–Trinajstić information content (AvgIpc) is 2.99. The number of carboxylic acid groups (broad SMARTS) is 1. The molecule has 2 aromatic carbocycles. The number of hydrogen-bond acceptors (Lipinski definition) is 5. The molecule has 0 amide bonds. The molecule has 0 saturated heterocycles. The van der Waals surface area contributed by atoms with Crippen LogP contribution in [0.1, 0.15) is 70.6 Å². The first-order valence-corrected chi connectivity index (χ1v) is 8.30. The largest absolute Gasteiger partial charge is 0.478 e. The maximum Gasteiger partial charge on any atom is 0.341 e. The normalized spacial score (nSPS) is 13.3. The maximum atomic E-state index is 10.9. The molecular formula is C20H24O6. The summed E-state index contributed by atoms with van der Waals surface area (Å²) in [6, 6.07) is 12.9. The topological polar surface area (TPSA) is 101 Å². The van der Waals surface area contributed by atoms with E-state index in [0.29, 0.717) is 17.4 Å². The van der Waals surface area contributed by atoms with Crippen molar-refractivity contribution in [1.82, 2.24) is 0 Å². The molecule has 0 radical (unpaired) electrons. The number of benzene rings is 2. The first-order valence-electron chi connectivity index (χ1n) is 8.30. The molecule has 1 atom stereocenters. The quantitative estimate of drug-likeness (QED) is 0.618. The second kappa shape index (κ2) is 12.4. The number of ether oxygens (including phenoxy) is 1. The van der Waals surface area contributed by atoms with Gasteiger partial charge >= 0.3 is 11.9 Å². The Bertz CT molecular complexity index is 724. The van der Waals surface area contributed by atoms with Gasteiger partial charge in [-0.2, -0.15) is 0 Å². The zero-order valence-electron chi connectivity index (χ0n) is 15.3. The van der Waals surface area contributed by atoms with Crippen LogP contribution >= 0.6 is 0 Å². The summed E-state index contributed by atoms with van der Waals surface area (Å²) in [5.74, 6) is -1.53. The van der Waals surface area contributed by atoms with Gasteiger partial charge in [-0.05, 0) is 12.1 Å². The molecule has 0 aromatic heterocycles. The van der Waals surface area contributed by atoms with Crippen LogP contribution in [-0.2, 0) is 4.74 Å². The highest BCUT2D eigenvalue weighted by Crippen LogP contribution is 2.27. The van der Waals surface area contributed by atoms with Gasteiger partial charge in [-0.15, -0.1) is 0 Å². The summed E-state index contributed by atoms with van der Waals surface area (Å²) in [5, 5.41) is 17.6. The molecule has 2 aromatic rings. The Kier molecular flexibility index (Phi) is 11.0. The van der Waals surface area contributed by atoms with Crippen molar-refractivity contribution < 1.29 is 29.3 Å². The fourth-order valence-corrected chi connectivity index (χ4v) is 1.92. The molecule has 6 nitrogen and oxygen atoms in total. The van der Waals surface area contributed by atoms with Crippen molar-refractivity contribution in [3.05, 3.63) is 70.8 Å². The standard InChI is InChI=1S/2C8H6O3.2C2H6/c9-7-5-3-1-2-4-6(5)8(10)11-7;9-5-6-3-1-2-4-7(6)8(10)11;2*1-2/h1-4,7,9H;1-5H,(H,10,11);2*1-2H3. The summed E-state index contributed by atoms with van der Waals surface area (Å²) in [4.78, 5) is 31.6. The van der Waals surface area contributed by atoms with Crippen molar-refractivity contribution in [3.8, 4) is 0 Å². The first kappa shape index (κ1) is 23.0. The molecule has 1 unspecified atom stereocenters.